The fourth-order valence-electron chi connectivity index (χ4n) is 0.428. The van der Waals surface area contributed by atoms with Gasteiger partial charge in [-0.05, 0) is 6.42 Å². The molecule has 0 bridgehead atoms. The van der Waals surface area contributed by atoms with Crippen molar-refractivity contribution in [1.29, 1.82) is 0 Å². The van der Waals surface area contributed by atoms with Crippen LogP contribution in [0.1, 0.15) is 6.42 Å². The first-order chi connectivity index (χ1) is 3.34. The SMILES string of the molecule is ClCCC1OC1Cl. The lowest BCUT2D eigenvalue weighted by atomic mass is 10.4. The van der Waals surface area contributed by atoms with Gasteiger partial charge in [0.2, 0.25) is 0 Å². The van der Waals surface area contributed by atoms with E-state index in [1.165, 1.54) is 0 Å². The predicted molar refractivity (Wildman–Crippen MR) is 29.9 cm³/mol. The zero-order valence-electron chi connectivity index (χ0n) is 3.73. The summed E-state index contributed by atoms with van der Waals surface area (Å²) in [6.45, 7) is 0. The second kappa shape index (κ2) is 2.21. The normalized spacial score (nSPS) is 38.6. The minimum atomic E-state index is -0.0428. The number of hydrogen-bond donors (Lipinski definition) is 0. The van der Waals surface area contributed by atoms with Crippen molar-refractivity contribution in [1.82, 2.24) is 0 Å². The van der Waals surface area contributed by atoms with E-state index in [2.05, 4.69) is 0 Å². The molecule has 3 heteroatoms. The number of rotatable bonds is 2. The lowest BCUT2D eigenvalue weighted by Gasteiger charge is -1.79. The Bertz CT molecular complexity index is 66.7. The summed E-state index contributed by atoms with van der Waals surface area (Å²) in [6.07, 6.45) is 1.13. The van der Waals surface area contributed by atoms with E-state index >= 15 is 0 Å². The van der Waals surface area contributed by atoms with Gasteiger partial charge in [0.15, 0.2) is 5.56 Å². The van der Waals surface area contributed by atoms with Crippen LogP contribution in [-0.2, 0) is 4.74 Å². The molecule has 0 saturated carbocycles. The highest BCUT2D eigenvalue weighted by atomic mass is 35.5. The summed E-state index contributed by atoms with van der Waals surface area (Å²) in [5.41, 5.74) is -0.0428. The summed E-state index contributed by atoms with van der Waals surface area (Å²) < 4.78 is 4.84. The zero-order chi connectivity index (χ0) is 5.28. The van der Waals surface area contributed by atoms with Gasteiger partial charge in [0.1, 0.15) is 6.10 Å². The summed E-state index contributed by atoms with van der Waals surface area (Å²) in [5, 5.41) is 0. The Morgan fingerprint density at radius 1 is 1.57 bits per heavy atom. The van der Waals surface area contributed by atoms with Gasteiger partial charge in [-0.1, -0.05) is 11.6 Å². The van der Waals surface area contributed by atoms with Crippen LogP contribution in [0.5, 0.6) is 0 Å². The predicted octanol–water partition coefficient (Wildman–Crippen LogP) is 1.58. The molecule has 2 atom stereocenters. The van der Waals surface area contributed by atoms with E-state index in [9.17, 15) is 0 Å². The molecule has 0 amide bonds. The highest BCUT2D eigenvalue weighted by molar-refractivity contribution is 6.21. The summed E-state index contributed by atoms with van der Waals surface area (Å²) in [7, 11) is 0. The van der Waals surface area contributed by atoms with Crippen molar-refractivity contribution in [2.24, 2.45) is 0 Å². The smallest absolute Gasteiger partial charge is 0.157 e. The molecule has 0 aromatic carbocycles. The lowest BCUT2D eigenvalue weighted by molar-refractivity contribution is 0.394. The molecule has 0 aromatic heterocycles. The van der Waals surface area contributed by atoms with E-state index in [-0.39, 0.29) is 11.7 Å². The largest absolute Gasteiger partial charge is 0.352 e. The van der Waals surface area contributed by atoms with Crippen LogP contribution in [0.4, 0.5) is 0 Å². The van der Waals surface area contributed by atoms with Gasteiger partial charge in [-0.15, -0.1) is 11.6 Å². The second-order valence-corrected chi connectivity index (χ2v) is 2.31. The maximum atomic E-state index is 5.45. The molecule has 0 spiro atoms. The molecule has 0 aromatic rings. The number of hydrogen-bond acceptors (Lipinski definition) is 1. The third-order valence-electron chi connectivity index (χ3n) is 0.914. The van der Waals surface area contributed by atoms with E-state index < -0.39 is 0 Å². The van der Waals surface area contributed by atoms with Crippen molar-refractivity contribution in [3.8, 4) is 0 Å². The molecule has 1 heterocycles. The van der Waals surface area contributed by atoms with Gasteiger partial charge in [0.05, 0.1) is 0 Å². The standard InChI is InChI=1S/C4H6Cl2O/c5-2-1-3-4(6)7-3/h3-4H,1-2H2. The Labute approximate surface area is 52.5 Å². The van der Waals surface area contributed by atoms with Crippen LogP contribution in [0.15, 0.2) is 0 Å². The fourth-order valence-corrected chi connectivity index (χ4v) is 0.901. The van der Waals surface area contributed by atoms with E-state index in [0.29, 0.717) is 5.88 Å². The number of epoxide rings is 1. The van der Waals surface area contributed by atoms with Gasteiger partial charge in [-0.2, -0.15) is 0 Å². The molecule has 1 saturated heterocycles. The maximum Gasteiger partial charge on any atom is 0.157 e. The minimum absolute atomic E-state index is 0.0428. The first kappa shape index (κ1) is 5.67. The Balaban J connectivity index is 1.98. The second-order valence-electron chi connectivity index (χ2n) is 1.50. The number of halogens is 2. The van der Waals surface area contributed by atoms with E-state index in [1.807, 2.05) is 0 Å². The van der Waals surface area contributed by atoms with Crippen molar-refractivity contribution < 1.29 is 4.74 Å². The first-order valence-corrected chi connectivity index (χ1v) is 3.17. The molecule has 7 heavy (non-hydrogen) atoms. The molecule has 0 N–H and O–H groups in total. The van der Waals surface area contributed by atoms with Gasteiger partial charge in [0.25, 0.3) is 0 Å². The summed E-state index contributed by atoms with van der Waals surface area (Å²) >= 11 is 10.8. The van der Waals surface area contributed by atoms with Crippen molar-refractivity contribution in [2.75, 3.05) is 5.88 Å². The van der Waals surface area contributed by atoms with Crippen LogP contribution in [0, 0.1) is 0 Å². The number of ether oxygens (including phenoxy) is 1. The highest BCUT2D eigenvalue weighted by Gasteiger charge is 2.35. The summed E-state index contributed by atoms with van der Waals surface area (Å²) in [6, 6.07) is 0. The van der Waals surface area contributed by atoms with Gasteiger partial charge in [-0.25, -0.2) is 0 Å². The molecular weight excluding hydrogens is 135 g/mol. The van der Waals surface area contributed by atoms with Crippen LogP contribution in [-0.4, -0.2) is 17.5 Å². The molecule has 1 rings (SSSR count). The molecule has 0 radical (unpaired) electrons. The van der Waals surface area contributed by atoms with Gasteiger partial charge < -0.3 is 4.74 Å². The van der Waals surface area contributed by atoms with Gasteiger partial charge in [-0.3, -0.25) is 0 Å². The Kier molecular flexibility index (Phi) is 1.79. The monoisotopic (exact) mass is 140 g/mol. The first-order valence-electron chi connectivity index (χ1n) is 2.20. The average molecular weight is 141 g/mol. The van der Waals surface area contributed by atoms with Crippen LogP contribution in [0.25, 0.3) is 0 Å². The van der Waals surface area contributed by atoms with Crippen molar-refractivity contribution in [3.63, 3.8) is 0 Å². The topological polar surface area (TPSA) is 12.5 Å². The van der Waals surface area contributed by atoms with E-state index in [1.54, 1.807) is 0 Å². The molecule has 1 nitrogen and oxygen atoms in total. The van der Waals surface area contributed by atoms with Gasteiger partial charge in [0, 0.05) is 5.88 Å². The van der Waals surface area contributed by atoms with Crippen molar-refractivity contribution >= 4 is 23.2 Å². The summed E-state index contributed by atoms with van der Waals surface area (Å²) in [4.78, 5) is 0. The lowest BCUT2D eigenvalue weighted by Crippen LogP contribution is -1.86. The zero-order valence-corrected chi connectivity index (χ0v) is 5.24. The van der Waals surface area contributed by atoms with Crippen molar-refractivity contribution in [3.05, 3.63) is 0 Å². The van der Waals surface area contributed by atoms with E-state index in [0.717, 1.165) is 6.42 Å². The quantitative estimate of drug-likeness (QED) is 0.420. The molecule has 2 unspecified atom stereocenters. The molecule has 0 aliphatic carbocycles. The highest BCUT2D eigenvalue weighted by Crippen LogP contribution is 2.28. The molecular formula is C4H6Cl2O. The summed E-state index contributed by atoms with van der Waals surface area (Å²) in [5.74, 6) is 0.647. The minimum Gasteiger partial charge on any atom is -0.352 e. The Morgan fingerprint density at radius 3 is 2.29 bits per heavy atom. The van der Waals surface area contributed by atoms with Crippen LogP contribution in [0.2, 0.25) is 0 Å². The van der Waals surface area contributed by atoms with Gasteiger partial charge >= 0.3 is 0 Å². The Hall–Kier alpha value is 0.540. The third-order valence-corrected chi connectivity index (χ3v) is 1.52. The van der Waals surface area contributed by atoms with Crippen LogP contribution in [0.3, 0.4) is 0 Å². The van der Waals surface area contributed by atoms with E-state index in [4.69, 9.17) is 27.9 Å². The van der Waals surface area contributed by atoms with Crippen molar-refractivity contribution in [2.45, 2.75) is 18.1 Å². The molecule has 1 aliphatic heterocycles. The number of alkyl halides is 2. The molecule has 1 aliphatic rings. The third kappa shape index (κ3) is 1.48. The fraction of sp³-hybridized carbons (Fsp3) is 1.00. The van der Waals surface area contributed by atoms with Crippen LogP contribution >= 0.6 is 23.2 Å². The Morgan fingerprint density at radius 2 is 2.14 bits per heavy atom. The molecule has 1 fully saturated rings. The average Bonchev–Trinajstić information content (AvgIpc) is 2.22. The van der Waals surface area contributed by atoms with Crippen LogP contribution < -0.4 is 0 Å². The maximum absolute atomic E-state index is 5.45. The molecule has 42 valence electrons.